The second-order valence-corrected chi connectivity index (χ2v) is 7.91. The van der Waals surface area contributed by atoms with Crippen LogP contribution >= 0.6 is 0 Å². The zero-order valence-corrected chi connectivity index (χ0v) is 18.3. The smallest absolute Gasteiger partial charge is 0.240 e. The fraction of sp³-hybridized carbons (Fsp3) is 0.522. The molecule has 0 radical (unpaired) electrons. The number of amides is 1. The second kappa shape index (κ2) is 7.90. The van der Waals surface area contributed by atoms with E-state index in [9.17, 15) is 4.79 Å². The Balaban J connectivity index is 2.20. The highest BCUT2D eigenvalue weighted by Gasteiger charge is 2.41. The molecule has 28 heavy (non-hydrogen) atoms. The molecule has 0 N–H and O–H groups in total. The van der Waals surface area contributed by atoms with Crippen LogP contribution in [0.3, 0.4) is 0 Å². The Labute approximate surface area is 168 Å². The van der Waals surface area contributed by atoms with Gasteiger partial charge in [0.05, 0.1) is 17.2 Å². The molecule has 0 saturated heterocycles. The molecule has 3 rings (SSSR count). The van der Waals surface area contributed by atoms with Crippen molar-refractivity contribution in [2.24, 2.45) is 0 Å². The first-order chi connectivity index (χ1) is 13.3. The molecule has 1 unspecified atom stereocenters. The van der Waals surface area contributed by atoms with Crippen LogP contribution in [0.2, 0.25) is 0 Å². The summed E-state index contributed by atoms with van der Waals surface area (Å²) in [6.07, 6.45) is 2.24. The molecule has 0 saturated carbocycles. The summed E-state index contributed by atoms with van der Waals surface area (Å²) >= 11 is 0. The van der Waals surface area contributed by atoms with E-state index < -0.39 is 0 Å². The van der Waals surface area contributed by atoms with E-state index in [0.717, 1.165) is 59.9 Å². The number of anilines is 3. The Hall–Kier alpha value is -2.43. The van der Waals surface area contributed by atoms with Gasteiger partial charge in [0, 0.05) is 13.1 Å². The van der Waals surface area contributed by atoms with E-state index in [0.29, 0.717) is 5.82 Å². The van der Waals surface area contributed by atoms with Gasteiger partial charge in [0.2, 0.25) is 5.91 Å². The first-order valence-corrected chi connectivity index (χ1v) is 10.3. The molecule has 2 aromatic rings. The molecular formula is C23H32N4O. The quantitative estimate of drug-likeness (QED) is 0.698. The van der Waals surface area contributed by atoms with Gasteiger partial charge in [-0.3, -0.25) is 9.69 Å². The molecule has 1 aliphatic rings. The van der Waals surface area contributed by atoms with E-state index in [1.807, 2.05) is 18.7 Å². The molecule has 1 aromatic heterocycles. The van der Waals surface area contributed by atoms with Gasteiger partial charge in [0.25, 0.3) is 0 Å². The van der Waals surface area contributed by atoms with Gasteiger partial charge < -0.3 is 4.90 Å². The number of unbranched alkanes of at least 4 members (excludes halogenated alkanes) is 1. The zero-order valence-electron chi connectivity index (χ0n) is 18.3. The molecule has 5 heteroatoms. The minimum atomic E-state index is -0.249. The number of fused-ring (bicyclic) bond motifs is 1. The van der Waals surface area contributed by atoms with Crippen LogP contribution in [0, 0.1) is 27.7 Å². The number of carbonyl (C=O) groups excluding carboxylic acids is 1. The molecule has 1 aromatic carbocycles. The summed E-state index contributed by atoms with van der Waals surface area (Å²) in [5.41, 5.74) is 5.33. The minimum absolute atomic E-state index is 0.0812. The Morgan fingerprint density at radius 2 is 1.71 bits per heavy atom. The van der Waals surface area contributed by atoms with Crippen LogP contribution in [0.25, 0.3) is 0 Å². The van der Waals surface area contributed by atoms with Crippen LogP contribution in [-0.4, -0.2) is 29.0 Å². The molecule has 0 spiro atoms. The van der Waals surface area contributed by atoms with Crippen LogP contribution in [0.4, 0.5) is 17.3 Å². The Morgan fingerprint density at radius 1 is 1.07 bits per heavy atom. The van der Waals surface area contributed by atoms with Crippen LogP contribution in [0.1, 0.15) is 67.6 Å². The standard InChI is InChI=1S/C23H32N4O/c1-8-10-11-26(9-2)21-19-17(6)23(28)27(22(19)25-18(7)24-21)20-15(4)12-14(3)13-16(20)5/h12-13,17H,8-11H2,1-7H3. The van der Waals surface area contributed by atoms with E-state index in [-0.39, 0.29) is 11.8 Å². The van der Waals surface area contributed by atoms with Gasteiger partial charge in [-0.2, -0.15) is 0 Å². The van der Waals surface area contributed by atoms with Crippen molar-refractivity contribution in [3.8, 4) is 0 Å². The van der Waals surface area contributed by atoms with Gasteiger partial charge in [0.1, 0.15) is 17.5 Å². The van der Waals surface area contributed by atoms with Crippen LogP contribution in [0.15, 0.2) is 12.1 Å². The summed E-state index contributed by atoms with van der Waals surface area (Å²) in [5.74, 6) is 2.21. The van der Waals surface area contributed by atoms with Crippen molar-refractivity contribution in [3.05, 3.63) is 40.2 Å². The third kappa shape index (κ3) is 3.38. The highest BCUT2D eigenvalue weighted by molar-refractivity contribution is 6.11. The summed E-state index contributed by atoms with van der Waals surface area (Å²) in [7, 11) is 0. The number of hydrogen-bond donors (Lipinski definition) is 0. The number of rotatable bonds is 6. The van der Waals surface area contributed by atoms with E-state index in [1.54, 1.807) is 0 Å². The first kappa shape index (κ1) is 20.3. The fourth-order valence-electron chi connectivity index (χ4n) is 4.28. The lowest BCUT2D eigenvalue weighted by Gasteiger charge is -2.26. The summed E-state index contributed by atoms with van der Waals surface area (Å²) in [6.45, 7) is 16.3. The molecule has 150 valence electrons. The monoisotopic (exact) mass is 380 g/mol. The van der Waals surface area contributed by atoms with Crippen LogP contribution in [0.5, 0.6) is 0 Å². The van der Waals surface area contributed by atoms with Crippen molar-refractivity contribution < 1.29 is 4.79 Å². The summed E-state index contributed by atoms with van der Waals surface area (Å²) < 4.78 is 0. The predicted molar refractivity (Wildman–Crippen MR) is 116 cm³/mol. The lowest BCUT2D eigenvalue weighted by Crippen LogP contribution is -2.27. The lowest BCUT2D eigenvalue weighted by atomic mass is 10.0. The number of carbonyl (C=O) groups is 1. The third-order valence-electron chi connectivity index (χ3n) is 5.57. The van der Waals surface area contributed by atoms with Crippen molar-refractivity contribution in [1.29, 1.82) is 0 Å². The van der Waals surface area contributed by atoms with Gasteiger partial charge in [-0.15, -0.1) is 0 Å². The van der Waals surface area contributed by atoms with Crippen LogP contribution in [-0.2, 0) is 4.79 Å². The van der Waals surface area contributed by atoms with Crippen LogP contribution < -0.4 is 9.80 Å². The summed E-state index contributed by atoms with van der Waals surface area (Å²) in [6, 6.07) is 4.26. The van der Waals surface area contributed by atoms with E-state index in [2.05, 4.69) is 51.7 Å². The SMILES string of the molecule is CCCCN(CC)c1nc(C)nc2c1C(C)C(=O)N2c1c(C)cc(C)cc1C. The van der Waals surface area contributed by atoms with Crippen molar-refractivity contribution in [3.63, 3.8) is 0 Å². The van der Waals surface area contributed by atoms with Gasteiger partial charge in [0.15, 0.2) is 0 Å². The molecule has 0 aliphatic carbocycles. The molecule has 2 heterocycles. The molecule has 1 amide bonds. The maximum atomic E-state index is 13.4. The highest BCUT2D eigenvalue weighted by Crippen LogP contribution is 2.46. The first-order valence-electron chi connectivity index (χ1n) is 10.3. The Morgan fingerprint density at radius 3 is 2.29 bits per heavy atom. The van der Waals surface area contributed by atoms with Gasteiger partial charge in [-0.1, -0.05) is 31.0 Å². The number of hydrogen-bond acceptors (Lipinski definition) is 4. The van der Waals surface area contributed by atoms with Gasteiger partial charge >= 0.3 is 0 Å². The Bertz CT molecular complexity index is 883. The molecule has 0 fully saturated rings. The van der Waals surface area contributed by atoms with Crippen molar-refractivity contribution >= 4 is 23.2 Å². The number of aromatic nitrogens is 2. The lowest BCUT2D eigenvalue weighted by molar-refractivity contribution is -0.118. The fourth-order valence-corrected chi connectivity index (χ4v) is 4.28. The van der Waals surface area contributed by atoms with Crippen molar-refractivity contribution in [1.82, 2.24) is 9.97 Å². The summed E-state index contributed by atoms with van der Waals surface area (Å²) in [5, 5.41) is 0. The average molecular weight is 381 g/mol. The number of aryl methyl sites for hydroxylation is 4. The van der Waals surface area contributed by atoms with E-state index in [4.69, 9.17) is 9.97 Å². The second-order valence-electron chi connectivity index (χ2n) is 7.91. The molecule has 1 atom stereocenters. The molecule has 5 nitrogen and oxygen atoms in total. The molecule has 1 aliphatic heterocycles. The third-order valence-corrected chi connectivity index (χ3v) is 5.57. The predicted octanol–water partition coefficient (Wildman–Crippen LogP) is 5.12. The number of nitrogens with zero attached hydrogens (tertiary/aromatic N) is 4. The van der Waals surface area contributed by atoms with E-state index >= 15 is 0 Å². The largest absolute Gasteiger partial charge is 0.356 e. The average Bonchev–Trinajstić information content (AvgIpc) is 2.86. The minimum Gasteiger partial charge on any atom is -0.356 e. The van der Waals surface area contributed by atoms with E-state index in [1.165, 1.54) is 5.56 Å². The summed E-state index contributed by atoms with van der Waals surface area (Å²) in [4.78, 5) is 27.0. The topological polar surface area (TPSA) is 49.3 Å². The van der Waals surface area contributed by atoms with Gasteiger partial charge in [-0.05, 0) is 59.1 Å². The van der Waals surface area contributed by atoms with Crippen molar-refractivity contribution in [2.45, 2.75) is 67.2 Å². The number of benzene rings is 1. The maximum Gasteiger partial charge on any atom is 0.240 e. The van der Waals surface area contributed by atoms with Crippen molar-refractivity contribution in [2.75, 3.05) is 22.9 Å². The molecule has 0 bridgehead atoms. The van der Waals surface area contributed by atoms with Gasteiger partial charge in [-0.25, -0.2) is 9.97 Å². The normalized spacial score (nSPS) is 15.9. The maximum absolute atomic E-state index is 13.4. The zero-order chi connectivity index (χ0) is 20.6. The Kier molecular flexibility index (Phi) is 5.73. The molecular weight excluding hydrogens is 348 g/mol. The highest BCUT2D eigenvalue weighted by atomic mass is 16.2.